The van der Waals surface area contributed by atoms with E-state index in [-0.39, 0.29) is 6.10 Å². The van der Waals surface area contributed by atoms with Gasteiger partial charge < -0.3 is 9.84 Å². The number of rotatable bonds is 0. The van der Waals surface area contributed by atoms with Crippen LogP contribution in [0.3, 0.4) is 0 Å². The summed E-state index contributed by atoms with van der Waals surface area (Å²) in [6, 6.07) is 0. The molecule has 0 saturated heterocycles. The highest BCUT2D eigenvalue weighted by Gasteiger charge is 2.19. The van der Waals surface area contributed by atoms with Crippen LogP contribution in [0.25, 0.3) is 0 Å². The molecule has 2 rings (SSSR count). The average Bonchev–Trinajstić information content (AvgIpc) is 2.04. The molecule has 57 valence electrons. The second kappa shape index (κ2) is 2.64. The van der Waals surface area contributed by atoms with E-state index < -0.39 is 6.10 Å². The van der Waals surface area contributed by atoms with Gasteiger partial charge >= 0.3 is 0 Å². The Kier molecular flexibility index (Phi) is 1.64. The average molecular weight is 149 g/mol. The normalized spacial score (nSPS) is 34.8. The van der Waals surface area contributed by atoms with Crippen LogP contribution in [0, 0.1) is 6.08 Å². The van der Waals surface area contributed by atoms with E-state index in [4.69, 9.17) is 9.84 Å². The minimum absolute atomic E-state index is 0.0170. The molecular formula is C9H9O2. The predicted octanol–water partition coefficient (Wildman–Crippen LogP) is 0.602. The number of allylic oxidation sites excluding steroid dienone is 2. The smallest absolute Gasteiger partial charge is 0.101 e. The van der Waals surface area contributed by atoms with Crippen LogP contribution in [0.1, 0.15) is 0 Å². The van der Waals surface area contributed by atoms with E-state index >= 15 is 0 Å². The van der Waals surface area contributed by atoms with E-state index in [2.05, 4.69) is 6.08 Å². The van der Waals surface area contributed by atoms with Crippen molar-refractivity contribution < 1.29 is 9.84 Å². The molecule has 0 aromatic carbocycles. The minimum atomic E-state index is -0.464. The molecule has 2 unspecified atom stereocenters. The van der Waals surface area contributed by atoms with E-state index in [0.29, 0.717) is 6.61 Å². The molecular weight excluding hydrogens is 140 g/mol. The Balaban J connectivity index is 2.26. The molecule has 1 aliphatic carbocycles. The first-order valence-corrected chi connectivity index (χ1v) is 3.64. The zero-order valence-electron chi connectivity index (χ0n) is 6.03. The quantitative estimate of drug-likeness (QED) is 0.546. The molecule has 0 aromatic rings. The maximum atomic E-state index is 9.17. The van der Waals surface area contributed by atoms with E-state index in [1.165, 1.54) is 0 Å². The number of hydrogen-bond donors (Lipinski definition) is 1. The molecule has 0 bridgehead atoms. The number of fused-ring (bicyclic) bond motifs is 1. The van der Waals surface area contributed by atoms with Gasteiger partial charge in [0.15, 0.2) is 0 Å². The molecule has 0 amide bonds. The zero-order valence-corrected chi connectivity index (χ0v) is 6.03. The Bertz CT molecular complexity index is 238. The summed E-state index contributed by atoms with van der Waals surface area (Å²) in [6.07, 6.45) is 10.0. The molecule has 0 saturated carbocycles. The summed E-state index contributed by atoms with van der Waals surface area (Å²) in [5.41, 5.74) is 0.936. The Labute approximate surface area is 65.5 Å². The first-order valence-electron chi connectivity index (χ1n) is 3.64. The van der Waals surface area contributed by atoms with Crippen molar-refractivity contribution in [2.75, 3.05) is 6.61 Å². The van der Waals surface area contributed by atoms with Gasteiger partial charge in [0.25, 0.3) is 0 Å². The molecule has 0 fully saturated rings. The number of ether oxygens (including phenoxy) is 1. The number of aliphatic hydroxyl groups is 1. The van der Waals surface area contributed by atoms with Crippen molar-refractivity contribution in [2.45, 2.75) is 12.2 Å². The summed E-state index contributed by atoms with van der Waals surface area (Å²) < 4.78 is 5.31. The number of hydrogen-bond acceptors (Lipinski definition) is 2. The highest BCUT2D eigenvalue weighted by molar-refractivity contribution is 5.32. The van der Waals surface area contributed by atoms with E-state index in [1.807, 2.05) is 18.2 Å². The summed E-state index contributed by atoms with van der Waals surface area (Å²) >= 11 is 0. The lowest BCUT2D eigenvalue weighted by molar-refractivity contribution is 0.0290. The van der Waals surface area contributed by atoms with Crippen LogP contribution in [0.15, 0.2) is 29.9 Å². The lowest BCUT2D eigenvalue weighted by atomic mass is 10.0. The van der Waals surface area contributed by atoms with Crippen molar-refractivity contribution in [3.63, 3.8) is 0 Å². The van der Waals surface area contributed by atoms with Crippen molar-refractivity contribution in [1.29, 1.82) is 0 Å². The van der Waals surface area contributed by atoms with Crippen molar-refractivity contribution in [3.8, 4) is 0 Å². The molecule has 2 heteroatoms. The van der Waals surface area contributed by atoms with Gasteiger partial charge in [0.05, 0.1) is 12.7 Å². The lowest BCUT2D eigenvalue weighted by Crippen LogP contribution is -2.27. The summed E-state index contributed by atoms with van der Waals surface area (Å²) in [4.78, 5) is 0. The Hall–Kier alpha value is -0.860. The standard InChI is InChI=1S/C9H9O2/c10-8-5-7-3-1-2-4-9(7)11-6-8/h1-2,4-5,8-10H,6H2. The summed E-state index contributed by atoms with van der Waals surface area (Å²) in [5, 5.41) is 9.17. The first kappa shape index (κ1) is 6.83. The molecule has 1 aliphatic heterocycles. The molecule has 0 spiro atoms. The van der Waals surface area contributed by atoms with E-state index in [9.17, 15) is 0 Å². The second-order valence-electron chi connectivity index (χ2n) is 2.64. The SMILES string of the molecule is OC1C=C2[C]=CC=CC2OC1. The number of aliphatic hydroxyl groups excluding tert-OH is 1. The maximum Gasteiger partial charge on any atom is 0.101 e. The molecule has 2 atom stereocenters. The van der Waals surface area contributed by atoms with Crippen molar-refractivity contribution in [3.05, 3.63) is 36.0 Å². The molecule has 2 nitrogen and oxygen atoms in total. The summed E-state index contributed by atoms with van der Waals surface area (Å²) in [7, 11) is 0. The molecule has 1 heterocycles. The zero-order chi connectivity index (χ0) is 7.68. The fourth-order valence-corrected chi connectivity index (χ4v) is 1.23. The third-order valence-electron chi connectivity index (χ3n) is 1.76. The van der Waals surface area contributed by atoms with Crippen LogP contribution >= 0.6 is 0 Å². The third-order valence-corrected chi connectivity index (χ3v) is 1.76. The first-order chi connectivity index (χ1) is 5.36. The van der Waals surface area contributed by atoms with Gasteiger partial charge in [-0.15, -0.1) is 0 Å². The van der Waals surface area contributed by atoms with E-state index in [1.54, 1.807) is 6.08 Å². The molecule has 1 radical (unpaired) electrons. The van der Waals surface area contributed by atoms with E-state index in [0.717, 1.165) is 5.57 Å². The Morgan fingerprint density at radius 3 is 3.45 bits per heavy atom. The van der Waals surface area contributed by atoms with Crippen LogP contribution in [-0.2, 0) is 4.74 Å². The highest BCUT2D eigenvalue weighted by Crippen LogP contribution is 2.19. The predicted molar refractivity (Wildman–Crippen MR) is 40.8 cm³/mol. The van der Waals surface area contributed by atoms with Crippen LogP contribution in [0.2, 0.25) is 0 Å². The van der Waals surface area contributed by atoms with Crippen LogP contribution in [-0.4, -0.2) is 23.9 Å². The lowest BCUT2D eigenvalue weighted by Gasteiger charge is -2.24. The van der Waals surface area contributed by atoms with Crippen molar-refractivity contribution in [2.24, 2.45) is 0 Å². The fourth-order valence-electron chi connectivity index (χ4n) is 1.23. The summed E-state index contributed by atoms with van der Waals surface area (Å²) in [6.45, 7) is 0.389. The van der Waals surface area contributed by atoms with Gasteiger partial charge in [-0.3, -0.25) is 0 Å². The van der Waals surface area contributed by atoms with Gasteiger partial charge in [-0.05, 0) is 17.7 Å². The highest BCUT2D eigenvalue weighted by atomic mass is 16.5. The molecule has 2 aliphatic rings. The van der Waals surface area contributed by atoms with Crippen molar-refractivity contribution in [1.82, 2.24) is 0 Å². The van der Waals surface area contributed by atoms with Gasteiger partial charge in [0.2, 0.25) is 0 Å². The molecule has 1 N–H and O–H groups in total. The summed E-state index contributed by atoms with van der Waals surface area (Å²) in [5.74, 6) is 0. The monoisotopic (exact) mass is 149 g/mol. The van der Waals surface area contributed by atoms with Crippen LogP contribution in [0.4, 0.5) is 0 Å². The van der Waals surface area contributed by atoms with Gasteiger partial charge in [0, 0.05) is 0 Å². The van der Waals surface area contributed by atoms with Crippen LogP contribution in [0.5, 0.6) is 0 Å². The molecule has 0 aromatic heterocycles. The fraction of sp³-hybridized carbons (Fsp3) is 0.333. The van der Waals surface area contributed by atoms with Gasteiger partial charge in [-0.25, -0.2) is 0 Å². The van der Waals surface area contributed by atoms with Gasteiger partial charge in [-0.2, -0.15) is 0 Å². The topological polar surface area (TPSA) is 29.5 Å². The second-order valence-corrected chi connectivity index (χ2v) is 2.64. The van der Waals surface area contributed by atoms with Crippen molar-refractivity contribution >= 4 is 0 Å². The van der Waals surface area contributed by atoms with Gasteiger partial charge in [0.1, 0.15) is 6.10 Å². The third kappa shape index (κ3) is 1.27. The maximum absolute atomic E-state index is 9.17. The Morgan fingerprint density at radius 2 is 2.55 bits per heavy atom. The molecule has 11 heavy (non-hydrogen) atoms. The van der Waals surface area contributed by atoms with Crippen LogP contribution < -0.4 is 0 Å². The minimum Gasteiger partial charge on any atom is -0.387 e. The Morgan fingerprint density at radius 1 is 1.64 bits per heavy atom. The van der Waals surface area contributed by atoms with Gasteiger partial charge in [-0.1, -0.05) is 18.2 Å². The largest absolute Gasteiger partial charge is 0.387 e.